The number of esters is 1. The van der Waals surface area contributed by atoms with Crippen molar-refractivity contribution >= 4 is 11.7 Å². The van der Waals surface area contributed by atoms with Crippen molar-refractivity contribution in [3.8, 4) is 0 Å². The van der Waals surface area contributed by atoms with Gasteiger partial charge in [0.15, 0.2) is 0 Å². The zero-order valence-corrected chi connectivity index (χ0v) is 8.49. The Morgan fingerprint density at radius 2 is 2.00 bits per heavy atom. The Hall–Kier alpha value is -1.51. The molecule has 1 aromatic carbocycles. The molecule has 0 aliphatic rings. The molecule has 1 rings (SSSR count). The Balaban J connectivity index is 2.65. The van der Waals surface area contributed by atoms with Gasteiger partial charge in [-0.2, -0.15) is 0 Å². The van der Waals surface area contributed by atoms with E-state index in [4.69, 9.17) is 10.5 Å². The minimum absolute atomic E-state index is 0.0416. The van der Waals surface area contributed by atoms with Gasteiger partial charge in [-0.05, 0) is 37.6 Å². The van der Waals surface area contributed by atoms with Gasteiger partial charge in [-0.25, -0.2) is 4.79 Å². The maximum atomic E-state index is 11.5. The highest BCUT2D eigenvalue weighted by Crippen LogP contribution is 2.08. The first-order chi connectivity index (χ1) is 6.63. The topological polar surface area (TPSA) is 52.3 Å². The van der Waals surface area contributed by atoms with Gasteiger partial charge in [-0.3, -0.25) is 0 Å². The molecule has 0 spiro atoms. The number of carbonyl (C=O) groups is 1. The van der Waals surface area contributed by atoms with Gasteiger partial charge in [0.2, 0.25) is 0 Å². The van der Waals surface area contributed by atoms with E-state index >= 15 is 0 Å². The molecule has 76 valence electrons. The van der Waals surface area contributed by atoms with Crippen molar-refractivity contribution in [3.05, 3.63) is 29.8 Å². The summed E-state index contributed by atoms with van der Waals surface area (Å²) in [5.74, 6) is -0.292. The molecule has 0 saturated carbocycles. The zero-order chi connectivity index (χ0) is 10.6. The molecule has 0 amide bonds. The summed E-state index contributed by atoms with van der Waals surface area (Å²) in [5.41, 5.74) is 6.69. The smallest absolute Gasteiger partial charge is 0.338 e. The van der Waals surface area contributed by atoms with Crippen LogP contribution in [0.15, 0.2) is 24.3 Å². The molecule has 0 radical (unpaired) electrons. The SMILES string of the molecule is CC[C@H](C)OC(=O)c1ccc(N)cc1. The maximum absolute atomic E-state index is 11.5. The van der Waals surface area contributed by atoms with E-state index in [1.807, 2.05) is 13.8 Å². The third-order valence-electron chi connectivity index (χ3n) is 2.03. The molecule has 3 heteroatoms. The first-order valence-corrected chi connectivity index (χ1v) is 4.70. The second-order valence-electron chi connectivity index (χ2n) is 3.25. The minimum atomic E-state index is -0.292. The van der Waals surface area contributed by atoms with Crippen molar-refractivity contribution in [1.29, 1.82) is 0 Å². The Morgan fingerprint density at radius 3 is 2.50 bits per heavy atom. The van der Waals surface area contributed by atoms with Crippen molar-refractivity contribution in [2.24, 2.45) is 0 Å². The second-order valence-corrected chi connectivity index (χ2v) is 3.25. The normalized spacial score (nSPS) is 12.1. The van der Waals surface area contributed by atoms with Crippen molar-refractivity contribution < 1.29 is 9.53 Å². The van der Waals surface area contributed by atoms with Gasteiger partial charge in [0.1, 0.15) is 0 Å². The Bertz CT molecular complexity index is 306. The van der Waals surface area contributed by atoms with Crippen molar-refractivity contribution in [2.75, 3.05) is 5.73 Å². The van der Waals surface area contributed by atoms with E-state index < -0.39 is 0 Å². The molecule has 0 heterocycles. The fraction of sp³-hybridized carbons (Fsp3) is 0.364. The number of hydrogen-bond donors (Lipinski definition) is 1. The summed E-state index contributed by atoms with van der Waals surface area (Å²) in [7, 11) is 0. The number of nitrogens with two attached hydrogens (primary N) is 1. The number of nitrogen functional groups attached to an aromatic ring is 1. The van der Waals surface area contributed by atoms with Crippen LogP contribution in [0.1, 0.15) is 30.6 Å². The molecular weight excluding hydrogens is 178 g/mol. The fourth-order valence-corrected chi connectivity index (χ4v) is 0.953. The molecule has 0 saturated heterocycles. The predicted molar refractivity (Wildman–Crippen MR) is 56.0 cm³/mol. The summed E-state index contributed by atoms with van der Waals surface area (Å²) in [6.45, 7) is 3.84. The van der Waals surface area contributed by atoms with Crippen molar-refractivity contribution in [3.63, 3.8) is 0 Å². The van der Waals surface area contributed by atoms with E-state index in [0.29, 0.717) is 11.3 Å². The summed E-state index contributed by atoms with van der Waals surface area (Å²) in [4.78, 5) is 11.5. The van der Waals surface area contributed by atoms with E-state index in [9.17, 15) is 4.79 Å². The van der Waals surface area contributed by atoms with E-state index in [1.54, 1.807) is 24.3 Å². The van der Waals surface area contributed by atoms with Gasteiger partial charge >= 0.3 is 5.97 Å². The standard InChI is InChI=1S/C11H15NO2/c1-3-8(2)14-11(13)9-4-6-10(12)7-5-9/h4-8H,3,12H2,1-2H3/t8-/m0/s1. The summed E-state index contributed by atoms with van der Waals surface area (Å²) in [6, 6.07) is 6.71. The van der Waals surface area contributed by atoms with Crippen LogP contribution in [0, 0.1) is 0 Å². The third-order valence-corrected chi connectivity index (χ3v) is 2.03. The summed E-state index contributed by atoms with van der Waals surface area (Å²) in [5, 5.41) is 0. The van der Waals surface area contributed by atoms with Gasteiger partial charge < -0.3 is 10.5 Å². The van der Waals surface area contributed by atoms with Gasteiger partial charge in [-0.15, -0.1) is 0 Å². The monoisotopic (exact) mass is 193 g/mol. The molecule has 0 unspecified atom stereocenters. The molecule has 0 aromatic heterocycles. The fourth-order valence-electron chi connectivity index (χ4n) is 0.953. The lowest BCUT2D eigenvalue weighted by atomic mass is 10.2. The first kappa shape index (κ1) is 10.6. The first-order valence-electron chi connectivity index (χ1n) is 4.70. The van der Waals surface area contributed by atoms with Gasteiger partial charge in [0.05, 0.1) is 11.7 Å². The summed E-state index contributed by atoms with van der Waals surface area (Å²) < 4.78 is 5.15. The molecule has 0 aliphatic heterocycles. The van der Waals surface area contributed by atoms with Gasteiger partial charge in [-0.1, -0.05) is 6.92 Å². The summed E-state index contributed by atoms with van der Waals surface area (Å²) in [6.07, 6.45) is 0.779. The van der Waals surface area contributed by atoms with E-state index in [0.717, 1.165) is 6.42 Å². The van der Waals surface area contributed by atoms with Crippen LogP contribution in [-0.4, -0.2) is 12.1 Å². The number of hydrogen-bond acceptors (Lipinski definition) is 3. The molecule has 1 atom stereocenters. The molecule has 3 nitrogen and oxygen atoms in total. The number of carbonyl (C=O) groups excluding carboxylic acids is 1. The van der Waals surface area contributed by atoms with Crippen LogP contribution in [0.25, 0.3) is 0 Å². The molecule has 14 heavy (non-hydrogen) atoms. The quantitative estimate of drug-likeness (QED) is 0.591. The number of ether oxygens (including phenoxy) is 1. The molecule has 0 fully saturated rings. The molecule has 1 aromatic rings. The molecule has 0 bridgehead atoms. The van der Waals surface area contributed by atoms with E-state index in [1.165, 1.54) is 0 Å². The average Bonchev–Trinajstić information content (AvgIpc) is 2.18. The zero-order valence-electron chi connectivity index (χ0n) is 8.49. The van der Waals surface area contributed by atoms with Crippen LogP contribution in [0.5, 0.6) is 0 Å². The molecular formula is C11H15NO2. The Labute approximate surface area is 83.9 Å². The Kier molecular flexibility index (Phi) is 3.51. The highest BCUT2D eigenvalue weighted by atomic mass is 16.5. The predicted octanol–water partition coefficient (Wildman–Crippen LogP) is 2.22. The van der Waals surface area contributed by atoms with Crippen molar-refractivity contribution in [1.82, 2.24) is 0 Å². The van der Waals surface area contributed by atoms with Gasteiger partial charge in [0.25, 0.3) is 0 Å². The van der Waals surface area contributed by atoms with Crippen LogP contribution in [0.4, 0.5) is 5.69 Å². The van der Waals surface area contributed by atoms with Crippen LogP contribution in [0.2, 0.25) is 0 Å². The molecule has 0 aliphatic carbocycles. The lowest BCUT2D eigenvalue weighted by molar-refractivity contribution is 0.0334. The second kappa shape index (κ2) is 4.65. The lowest BCUT2D eigenvalue weighted by Gasteiger charge is -2.10. The highest BCUT2D eigenvalue weighted by Gasteiger charge is 2.09. The number of benzene rings is 1. The molecule has 2 N–H and O–H groups in total. The van der Waals surface area contributed by atoms with E-state index in [-0.39, 0.29) is 12.1 Å². The third kappa shape index (κ3) is 2.76. The lowest BCUT2D eigenvalue weighted by Crippen LogP contribution is -2.13. The maximum Gasteiger partial charge on any atom is 0.338 e. The number of anilines is 1. The van der Waals surface area contributed by atoms with Crippen LogP contribution in [-0.2, 0) is 4.74 Å². The van der Waals surface area contributed by atoms with Gasteiger partial charge in [0, 0.05) is 5.69 Å². The largest absolute Gasteiger partial charge is 0.459 e. The van der Waals surface area contributed by atoms with Crippen molar-refractivity contribution in [2.45, 2.75) is 26.4 Å². The number of rotatable bonds is 3. The Morgan fingerprint density at radius 1 is 1.43 bits per heavy atom. The van der Waals surface area contributed by atoms with Crippen LogP contribution in [0.3, 0.4) is 0 Å². The highest BCUT2D eigenvalue weighted by molar-refractivity contribution is 5.89. The summed E-state index contributed by atoms with van der Waals surface area (Å²) >= 11 is 0. The van der Waals surface area contributed by atoms with Crippen LogP contribution >= 0.6 is 0 Å². The average molecular weight is 193 g/mol. The van der Waals surface area contributed by atoms with Crippen LogP contribution < -0.4 is 5.73 Å². The minimum Gasteiger partial charge on any atom is -0.459 e. The van der Waals surface area contributed by atoms with E-state index in [2.05, 4.69) is 0 Å².